The molecular weight excluding hydrogens is 393 g/mol. The molecule has 154 valence electrons. The van der Waals surface area contributed by atoms with E-state index in [-0.39, 0.29) is 11.6 Å². The van der Waals surface area contributed by atoms with E-state index in [2.05, 4.69) is 10.3 Å². The molecule has 0 aliphatic rings. The lowest BCUT2D eigenvalue weighted by molar-refractivity contribution is -0.117. The average Bonchev–Trinajstić information content (AvgIpc) is 2.71. The van der Waals surface area contributed by atoms with Crippen molar-refractivity contribution in [2.24, 2.45) is 0 Å². The predicted octanol–water partition coefficient (Wildman–Crippen LogP) is 5.49. The molecule has 1 aromatic heterocycles. The zero-order valence-corrected chi connectivity index (χ0v) is 16.3. The van der Waals surface area contributed by atoms with Crippen LogP contribution in [0.2, 0.25) is 0 Å². The fourth-order valence-electron chi connectivity index (χ4n) is 2.67. The minimum atomic E-state index is -1.29. The van der Waals surface area contributed by atoms with Crippen molar-refractivity contribution in [3.8, 4) is 11.5 Å². The van der Waals surface area contributed by atoms with Crippen LogP contribution in [0.4, 0.5) is 13.2 Å². The van der Waals surface area contributed by atoms with Crippen molar-refractivity contribution in [1.82, 2.24) is 10.3 Å². The smallest absolute Gasteiger partial charge is 0.244 e. The Morgan fingerprint density at radius 3 is 2.53 bits per heavy atom. The van der Waals surface area contributed by atoms with Gasteiger partial charge in [0.15, 0.2) is 11.6 Å². The van der Waals surface area contributed by atoms with E-state index in [0.717, 1.165) is 23.4 Å². The lowest BCUT2D eigenvalue weighted by atomic mass is 10.1. The van der Waals surface area contributed by atoms with Crippen molar-refractivity contribution in [3.05, 3.63) is 95.1 Å². The molecule has 1 atom stereocenters. The summed E-state index contributed by atoms with van der Waals surface area (Å²) in [5, 5.41) is 2.73. The van der Waals surface area contributed by atoms with Crippen molar-refractivity contribution in [1.29, 1.82) is 0 Å². The summed E-state index contributed by atoms with van der Waals surface area (Å²) in [6, 6.07) is 11.6. The highest BCUT2D eigenvalue weighted by Gasteiger charge is 2.11. The molecule has 0 unspecified atom stereocenters. The number of hydrogen-bond acceptors (Lipinski definition) is 3. The van der Waals surface area contributed by atoms with E-state index in [1.165, 1.54) is 0 Å². The van der Waals surface area contributed by atoms with Crippen LogP contribution in [0.15, 0.2) is 60.8 Å². The molecule has 0 saturated carbocycles. The number of pyridine rings is 1. The van der Waals surface area contributed by atoms with Crippen molar-refractivity contribution in [2.75, 3.05) is 0 Å². The molecule has 1 amide bonds. The van der Waals surface area contributed by atoms with Gasteiger partial charge < -0.3 is 10.1 Å². The number of carbonyl (C=O) groups is 1. The molecule has 3 rings (SSSR count). The zero-order valence-electron chi connectivity index (χ0n) is 16.3. The third-order valence-electron chi connectivity index (χ3n) is 4.29. The number of halogens is 3. The molecule has 0 aliphatic carbocycles. The zero-order chi connectivity index (χ0) is 21.7. The van der Waals surface area contributed by atoms with Gasteiger partial charge in [-0.25, -0.2) is 13.2 Å². The van der Waals surface area contributed by atoms with Gasteiger partial charge in [-0.1, -0.05) is 12.1 Å². The first-order chi connectivity index (χ1) is 14.3. The number of amides is 1. The van der Waals surface area contributed by atoms with Gasteiger partial charge in [0.05, 0.1) is 12.2 Å². The standard InChI is InChI=1S/C23H19F3N2O2/c1-14-6-8-19(13-27-14)30-18-5-3-4-16(10-18)15(2)28-23(29)9-7-17-11-21(25)22(26)12-20(17)24/h3-13,15H,1-2H3,(H,28,29)/t15-/m1/s1. The second kappa shape index (κ2) is 9.26. The molecule has 3 aromatic rings. The Bertz CT molecular complexity index is 1080. The number of hydrogen-bond donors (Lipinski definition) is 1. The van der Waals surface area contributed by atoms with Gasteiger partial charge in [0.1, 0.15) is 17.3 Å². The Morgan fingerprint density at radius 2 is 1.80 bits per heavy atom. The van der Waals surface area contributed by atoms with Crippen LogP contribution in [0.5, 0.6) is 11.5 Å². The van der Waals surface area contributed by atoms with Crippen LogP contribution in [0.1, 0.15) is 29.8 Å². The predicted molar refractivity (Wildman–Crippen MR) is 107 cm³/mol. The summed E-state index contributed by atoms with van der Waals surface area (Å²) in [5.74, 6) is -2.77. The molecule has 7 heteroatoms. The number of ether oxygens (including phenoxy) is 1. The molecule has 2 aromatic carbocycles. The van der Waals surface area contributed by atoms with Gasteiger partial charge in [-0.05, 0) is 55.8 Å². The van der Waals surface area contributed by atoms with Gasteiger partial charge >= 0.3 is 0 Å². The Labute approximate surface area is 172 Å². The molecule has 0 aliphatic heterocycles. The lowest BCUT2D eigenvalue weighted by Crippen LogP contribution is -2.24. The highest BCUT2D eigenvalue weighted by molar-refractivity contribution is 5.92. The quantitative estimate of drug-likeness (QED) is 0.430. The van der Waals surface area contributed by atoms with Crippen molar-refractivity contribution >= 4 is 12.0 Å². The average molecular weight is 412 g/mol. The summed E-state index contributed by atoms with van der Waals surface area (Å²) in [6.07, 6.45) is 3.77. The highest BCUT2D eigenvalue weighted by Crippen LogP contribution is 2.24. The number of nitrogens with zero attached hydrogens (tertiary/aromatic N) is 1. The summed E-state index contributed by atoms with van der Waals surface area (Å²) < 4.78 is 45.6. The van der Waals surface area contributed by atoms with Crippen molar-refractivity contribution in [2.45, 2.75) is 19.9 Å². The normalized spacial score (nSPS) is 12.0. The van der Waals surface area contributed by atoms with Gasteiger partial charge in [-0.3, -0.25) is 9.78 Å². The minimum absolute atomic E-state index is 0.223. The SMILES string of the molecule is Cc1ccc(Oc2cccc([C@@H](C)NC(=O)C=Cc3cc(F)c(F)cc3F)c2)cn1. The summed E-state index contributed by atoms with van der Waals surface area (Å²) in [5.41, 5.74) is 1.44. The van der Waals surface area contributed by atoms with Crippen LogP contribution >= 0.6 is 0 Å². The molecule has 0 saturated heterocycles. The van der Waals surface area contributed by atoms with Crippen LogP contribution in [-0.2, 0) is 4.79 Å². The molecule has 1 N–H and O–H groups in total. The fraction of sp³-hybridized carbons (Fsp3) is 0.130. The first kappa shape index (κ1) is 21.1. The maximum absolute atomic E-state index is 13.6. The summed E-state index contributed by atoms with van der Waals surface area (Å²) in [7, 11) is 0. The van der Waals surface area contributed by atoms with E-state index in [1.54, 1.807) is 31.3 Å². The summed E-state index contributed by atoms with van der Waals surface area (Å²) in [6.45, 7) is 3.65. The number of nitrogens with one attached hydrogen (secondary N) is 1. The van der Waals surface area contributed by atoms with Gasteiger partial charge in [0.25, 0.3) is 0 Å². The van der Waals surface area contributed by atoms with E-state index in [1.807, 2.05) is 25.1 Å². The van der Waals surface area contributed by atoms with Crippen LogP contribution in [0, 0.1) is 24.4 Å². The fourth-order valence-corrected chi connectivity index (χ4v) is 2.67. The summed E-state index contributed by atoms with van der Waals surface area (Å²) >= 11 is 0. The largest absolute Gasteiger partial charge is 0.456 e. The molecule has 0 fully saturated rings. The third-order valence-corrected chi connectivity index (χ3v) is 4.29. The lowest BCUT2D eigenvalue weighted by Gasteiger charge is -2.14. The molecule has 4 nitrogen and oxygen atoms in total. The Morgan fingerprint density at radius 1 is 1.03 bits per heavy atom. The van der Waals surface area contributed by atoms with Gasteiger partial charge in [0, 0.05) is 23.4 Å². The molecule has 1 heterocycles. The van der Waals surface area contributed by atoms with Gasteiger partial charge in [0.2, 0.25) is 5.91 Å². The van der Waals surface area contributed by atoms with E-state index < -0.39 is 23.4 Å². The number of benzene rings is 2. The third kappa shape index (κ3) is 5.47. The second-order valence-electron chi connectivity index (χ2n) is 6.66. The van der Waals surface area contributed by atoms with Gasteiger partial charge in [-0.15, -0.1) is 0 Å². The first-order valence-corrected chi connectivity index (χ1v) is 9.15. The summed E-state index contributed by atoms with van der Waals surface area (Å²) in [4.78, 5) is 16.3. The van der Waals surface area contributed by atoms with Crippen LogP contribution < -0.4 is 10.1 Å². The van der Waals surface area contributed by atoms with E-state index >= 15 is 0 Å². The van der Waals surface area contributed by atoms with Gasteiger partial charge in [-0.2, -0.15) is 0 Å². The topological polar surface area (TPSA) is 51.2 Å². The minimum Gasteiger partial charge on any atom is -0.456 e. The Hall–Kier alpha value is -3.61. The molecular formula is C23H19F3N2O2. The first-order valence-electron chi connectivity index (χ1n) is 9.15. The van der Waals surface area contributed by atoms with Crippen LogP contribution in [-0.4, -0.2) is 10.9 Å². The van der Waals surface area contributed by atoms with Crippen LogP contribution in [0.25, 0.3) is 6.08 Å². The van der Waals surface area contributed by atoms with Crippen LogP contribution in [0.3, 0.4) is 0 Å². The Balaban J connectivity index is 1.65. The Kier molecular flexibility index (Phi) is 6.51. The maximum atomic E-state index is 13.6. The molecule has 30 heavy (non-hydrogen) atoms. The second-order valence-corrected chi connectivity index (χ2v) is 6.66. The van der Waals surface area contributed by atoms with Crippen molar-refractivity contribution < 1.29 is 22.7 Å². The number of rotatable bonds is 6. The number of carbonyl (C=O) groups excluding carboxylic acids is 1. The number of aryl methyl sites for hydroxylation is 1. The monoisotopic (exact) mass is 412 g/mol. The number of aromatic nitrogens is 1. The molecule has 0 radical (unpaired) electrons. The molecule has 0 bridgehead atoms. The van der Waals surface area contributed by atoms with E-state index in [9.17, 15) is 18.0 Å². The molecule has 0 spiro atoms. The van der Waals surface area contributed by atoms with Crippen molar-refractivity contribution in [3.63, 3.8) is 0 Å². The van der Waals surface area contributed by atoms with E-state index in [0.29, 0.717) is 23.6 Å². The maximum Gasteiger partial charge on any atom is 0.244 e. The van der Waals surface area contributed by atoms with E-state index in [4.69, 9.17) is 4.74 Å². The highest BCUT2D eigenvalue weighted by atomic mass is 19.2.